The van der Waals surface area contributed by atoms with Gasteiger partial charge in [0.25, 0.3) is 0 Å². The second kappa shape index (κ2) is 8.60. The van der Waals surface area contributed by atoms with Crippen LogP contribution in [0.1, 0.15) is 24.8 Å². The van der Waals surface area contributed by atoms with Crippen molar-refractivity contribution in [1.29, 1.82) is 0 Å². The van der Waals surface area contributed by atoms with Crippen LogP contribution < -0.4 is 22.1 Å². The van der Waals surface area contributed by atoms with Gasteiger partial charge in [-0.15, -0.1) is 0 Å². The summed E-state index contributed by atoms with van der Waals surface area (Å²) < 4.78 is 1.02. The zero-order chi connectivity index (χ0) is 16.7. The van der Waals surface area contributed by atoms with Crippen LogP contribution in [0.15, 0.2) is 28.7 Å². The highest BCUT2D eigenvalue weighted by Gasteiger charge is 2.33. The number of hydrogen-bond donors (Lipinski definition) is 5. The Hall–Kier alpha value is -1.19. The lowest BCUT2D eigenvalue weighted by Crippen LogP contribution is -2.48. The van der Waals surface area contributed by atoms with E-state index in [4.69, 9.17) is 5.84 Å². The van der Waals surface area contributed by atoms with Gasteiger partial charge in [0.2, 0.25) is 0 Å². The van der Waals surface area contributed by atoms with Crippen LogP contribution in [0.3, 0.4) is 0 Å². The van der Waals surface area contributed by atoms with Crippen LogP contribution in [0.5, 0.6) is 0 Å². The molecule has 1 aromatic carbocycles. The van der Waals surface area contributed by atoms with Crippen molar-refractivity contribution < 1.29 is 9.90 Å². The number of nitrogens with zero attached hydrogens (tertiary/aromatic N) is 1. The third kappa shape index (κ3) is 5.43. The Morgan fingerprint density at radius 2 is 1.96 bits per heavy atom. The molecule has 7 nitrogen and oxygen atoms in total. The van der Waals surface area contributed by atoms with E-state index in [-0.39, 0.29) is 0 Å². The molecule has 6 N–H and O–H groups in total. The Morgan fingerprint density at radius 1 is 1.30 bits per heavy atom. The van der Waals surface area contributed by atoms with Crippen molar-refractivity contribution in [2.45, 2.75) is 24.9 Å². The van der Waals surface area contributed by atoms with Gasteiger partial charge in [-0.25, -0.2) is 16.1 Å². The highest BCUT2D eigenvalue weighted by Crippen LogP contribution is 2.33. The van der Waals surface area contributed by atoms with Crippen LogP contribution in [0.4, 0.5) is 4.79 Å². The maximum Gasteiger partial charge on any atom is 0.343 e. The van der Waals surface area contributed by atoms with Crippen LogP contribution in [0.2, 0.25) is 0 Å². The second-order valence-corrected chi connectivity index (χ2v) is 6.67. The maximum absolute atomic E-state index is 10.9. The highest BCUT2D eigenvalue weighted by atomic mass is 79.9. The molecule has 1 fully saturated rings. The van der Waals surface area contributed by atoms with Crippen LogP contribution in [0, 0.1) is 0 Å². The van der Waals surface area contributed by atoms with E-state index in [1.54, 1.807) is 0 Å². The van der Waals surface area contributed by atoms with E-state index < -0.39 is 11.6 Å². The molecule has 128 valence electrons. The molecule has 1 aliphatic heterocycles. The van der Waals surface area contributed by atoms with E-state index in [0.29, 0.717) is 6.54 Å². The van der Waals surface area contributed by atoms with Gasteiger partial charge in [0.05, 0.1) is 5.60 Å². The van der Waals surface area contributed by atoms with Gasteiger partial charge in [0.1, 0.15) is 0 Å². The summed E-state index contributed by atoms with van der Waals surface area (Å²) in [6.45, 7) is 3.32. The minimum absolute atomic E-state index is 0.456. The number of urea groups is 1. The van der Waals surface area contributed by atoms with Crippen molar-refractivity contribution in [1.82, 2.24) is 21.2 Å². The zero-order valence-corrected chi connectivity index (χ0v) is 14.6. The Balaban J connectivity index is 1.69. The number of piperidine rings is 1. The first-order chi connectivity index (χ1) is 11.0. The quantitative estimate of drug-likeness (QED) is 0.215. The Kier molecular flexibility index (Phi) is 6.79. The monoisotopic (exact) mass is 385 g/mol. The van der Waals surface area contributed by atoms with Gasteiger partial charge < -0.3 is 10.0 Å². The molecule has 1 saturated heterocycles. The van der Waals surface area contributed by atoms with Crippen molar-refractivity contribution in [2.24, 2.45) is 5.84 Å². The number of benzene rings is 1. The highest BCUT2D eigenvalue weighted by molar-refractivity contribution is 9.10. The van der Waals surface area contributed by atoms with E-state index in [1.165, 1.54) is 0 Å². The molecule has 0 aliphatic carbocycles. The number of carbonyl (C=O) groups is 1. The van der Waals surface area contributed by atoms with Gasteiger partial charge in [-0.05, 0) is 43.5 Å². The van der Waals surface area contributed by atoms with Gasteiger partial charge in [-0.1, -0.05) is 28.1 Å². The van der Waals surface area contributed by atoms with Gasteiger partial charge in [-0.3, -0.25) is 10.9 Å². The minimum Gasteiger partial charge on any atom is -0.385 e. The SMILES string of the molecule is NNC(=O)NNCCCN1CCC(O)(c2ccc(Br)cc2)CC1. The number of halogens is 1. The predicted octanol–water partition coefficient (Wildman–Crippen LogP) is 0.800. The maximum atomic E-state index is 10.9. The van der Waals surface area contributed by atoms with Crippen molar-refractivity contribution in [3.05, 3.63) is 34.3 Å². The van der Waals surface area contributed by atoms with E-state index in [1.807, 2.05) is 29.7 Å². The third-order valence-corrected chi connectivity index (χ3v) is 4.70. The lowest BCUT2D eigenvalue weighted by molar-refractivity contribution is -0.0260. The average molecular weight is 386 g/mol. The smallest absolute Gasteiger partial charge is 0.343 e. The van der Waals surface area contributed by atoms with E-state index in [2.05, 4.69) is 31.7 Å². The number of aliphatic hydroxyl groups is 1. The fourth-order valence-electron chi connectivity index (χ4n) is 2.77. The van der Waals surface area contributed by atoms with Gasteiger partial charge in [-0.2, -0.15) is 0 Å². The predicted molar refractivity (Wildman–Crippen MR) is 92.2 cm³/mol. The average Bonchev–Trinajstić information content (AvgIpc) is 2.56. The summed E-state index contributed by atoms with van der Waals surface area (Å²) in [6, 6.07) is 7.45. The fraction of sp³-hybridized carbons (Fsp3) is 0.533. The van der Waals surface area contributed by atoms with Crippen molar-refractivity contribution >= 4 is 22.0 Å². The Bertz CT molecular complexity index is 503. The van der Waals surface area contributed by atoms with Crippen LogP contribution >= 0.6 is 15.9 Å². The molecule has 8 heteroatoms. The molecular formula is C15H24BrN5O2. The normalized spacial score (nSPS) is 17.7. The molecule has 1 heterocycles. The standard InChI is InChI=1S/C15H24BrN5O2/c16-13-4-2-12(3-5-13)15(23)6-10-21(11-7-15)9-1-8-18-20-14(22)19-17/h2-5,18,23H,1,6-11,17H2,(H2,19,20,22). The summed E-state index contributed by atoms with van der Waals surface area (Å²) in [5.41, 5.74) is 7.46. The Labute approximate surface area is 144 Å². The number of likely N-dealkylation sites (tertiary alicyclic amines) is 1. The summed E-state index contributed by atoms with van der Waals surface area (Å²) in [5.74, 6) is 4.95. The molecule has 1 aliphatic rings. The number of rotatable bonds is 6. The molecule has 23 heavy (non-hydrogen) atoms. The number of nitrogens with one attached hydrogen (secondary N) is 3. The summed E-state index contributed by atoms with van der Waals surface area (Å²) >= 11 is 3.42. The first-order valence-electron chi connectivity index (χ1n) is 7.74. The van der Waals surface area contributed by atoms with Crippen LogP contribution in [-0.4, -0.2) is 42.2 Å². The molecule has 2 amide bonds. The van der Waals surface area contributed by atoms with Crippen molar-refractivity contribution in [2.75, 3.05) is 26.2 Å². The molecule has 0 aromatic heterocycles. The molecule has 0 radical (unpaired) electrons. The van der Waals surface area contributed by atoms with Gasteiger partial charge in [0, 0.05) is 24.1 Å². The third-order valence-electron chi connectivity index (χ3n) is 4.17. The molecule has 0 saturated carbocycles. The number of hydrazine groups is 2. The molecule has 2 rings (SSSR count). The summed E-state index contributed by atoms with van der Waals surface area (Å²) in [6.07, 6.45) is 2.37. The Morgan fingerprint density at radius 3 is 2.57 bits per heavy atom. The minimum atomic E-state index is -0.726. The lowest BCUT2D eigenvalue weighted by atomic mass is 9.84. The largest absolute Gasteiger partial charge is 0.385 e. The lowest BCUT2D eigenvalue weighted by Gasteiger charge is -2.38. The van der Waals surface area contributed by atoms with E-state index in [0.717, 1.165) is 48.9 Å². The number of nitrogens with two attached hydrogens (primary N) is 1. The van der Waals surface area contributed by atoms with E-state index >= 15 is 0 Å². The molecular weight excluding hydrogens is 362 g/mol. The van der Waals surface area contributed by atoms with E-state index in [9.17, 15) is 9.90 Å². The first kappa shape index (κ1) is 18.2. The molecule has 0 spiro atoms. The molecule has 0 atom stereocenters. The number of hydrogen-bond acceptors (Lipinski definition) is 5. The topological polar surface area (TPSA) is 103 Å². The molecule has 0 unspecified atom stereocenters. The number of carbonyl (C=O) groups excluding carboxylic acids is 1. The van der Waals surface area contributed by atoms with Gasteiger partial charge in [0.15, 0.2) is 0 Å². The first-order valence-corrected chi connectivity index (χ1v) is 8.53. The van der Waals surface area contributed by atoms with Gasteiger partial charge >= 0.3 is 6.03 Å². The zero-order valence-electron chi connectivity index (χ0n) is 13.0. The number of amides is 2. The van der Waals surface area contributed by atoms with Crippen LogP contribution in [-0.2, 0) is 5.60 Å². The van der Waals surface area contributed by atoms with Crippen LogP contribution in [0.25, 0.3) is 0 Å². The van der Waals surface area contributed by atoms with Crippen molar-refractivity contribution in [3.63, 3.8) is 0 Å². The summed E-state index contributed by atoms with van der Waals surface area (Å²) in [5, 5.41) is 10.8. The molecule has 1 aromatic rings. The fourth-order valence-corrected chi connectivity index (χ4v) is 3.03. The second-order valence-electron chi connectivity index (χ2n) is 5.76. The van der Waals surface area contributed by atoms with Crippen molar-refractivity contribution in [3.8, 4) is 0 Å². The molecule has 0 bridgehead atoms. The summed E-state index contributed by atoms with van der Waals surface area (Å²) in [7, 11) is 0. The summed E-state index contributed by atoms with van der Waals surface area (Å²) in [4.78, 5) is 13.2.